The smallest absolute Gasteiger partial charge is 0.408 e. The van der Waals surface area contributed by atoms with Crippen molar-refractivity contribution in [1.29, 1.82) is 0 Å². The minimum atomic E-state index is -1.13. The van der Waals surface area contributed by atoms with Gasteiger partial charge in [-0.2, -0.15) is 0 Å². The maximum atomic E-state index is 12.0. The monoisotopic (exact) mass is 483 g/mol. The Morgan fingerprint density at radius 1 is 0.886 bits per heavy atom. The standard InChI is InChI=1S/C15H20O2.C13H17NO4/c1-12(13-8-4-2-5-9-13)15(16)17-14-10-6-3-7-11-14;1-13(2,3)18-12(17)14-10(11(15)16)9-7-5-4-6-8-9/h2,4-5,8-9,12,14H,3,6-7,10-11H2,1H3;4-8,10H,1-3H3,(H,14,17)(H,15,16). The van der Waals surface area contributed by atoms with Crippen molar-refractivity contribution in [2.24, 2.45) is 0 Å². The molecule has 0 aliphatic heterocycles. The Morgan fingerprint density at radius 2 is 1.40 bits per heavy atom. The first kappa shape index (κ1) is 27.9. The molecule has 7 heteroatoms. The molecule has 3 rings (SSSR count). The third-order valence-corrected chi connectivity index (χ3v) is 5.53. The first-order valence-electron chi connectivity index (χ1n) is 12.1. The van der Waals surface area contributed by atoms with Gasteiger partial charge >= 0.3 is 18.0 Å². The number of amides is 1. The third-order valence-electron chi connectivity index (χ3n) is 5.53. The molecule has 0 saturated heterocycles. The van der Waals surface area contributed by atoms with Gasteiger partial charge in [-0.05, 0) is 64.5 Å². The number of carboxylic acid groups (broad SMARTS) is 1. The zero-order valence-electron chi connectivity index (χ0n) is 21.0. The molecule has 0 aromatic heterocycles. The summed E-state index contributed by atoms with van der Waals surface area (Å²) in [5.41, 5.74) is 0.869. The molecule has 2 unspecified atom stereocenters. The number of alkyl carbamates (subject to hydrolysis) is 1. The van der Waals surface area contributed by atoms with Crippen LogP contribution < -0.4 is 5.32 Å². The van der Waals surface area contributed by atoms with E-state index in [1.165, 1.54) is 19.3 Å². The predicted molar refractivity (Wildman–Crippen MR) is 134 cm³/mol. The van der Waals surface area contributed by atoms with Crippen LogP contribution in [-0.4, -0.2) is 34.8 Å². The van der Waals surface area contributed by atoms with Crippen molar-refractivity contribution < 1.29 is 29.0 Å². The third kappa shape index (κ3) is 10.2. The SMILES string of the molecule is CC(C(=O)OC1CCCCC1)c1ccccc1.CC(C)(C)OC(=O)NC(C(=O)O)c1ccccc1. The van der Waals surface area contributed by atoms with E-state index in [9.17, 15) is 14.4 Å². The summed E-state index contributed by atoms with van der Waals surface area (Å²) < 4.78 is 10.6. The Labute approximate surface area is 207 Å². The molecule has 2 N–H and O–H groups in total. The minimum Gasteiger partial charge on any atom is -0.479 e. The van der Waals surface area contributed by atoms with Crippen LogP contribution in [0.1, 0.15) is 82.9 Å². The lowest BCUT2D eigenvalue weighted by molar-refractivity contribution is -0.152. The largest absolute Gasteiger partial charge is 0.479 e. The zero-order chi connectivity index (χ0) is 25.8. The number of carbonyl (C=O) groups excluding carboxylic acids is 2. The quantitative estimate of drug-likeness (QED) is 0.488. The molecular weight excluding hydrogens is 446 g/mol. The number of nitrogens with one attached hydrogen (secondary N) is 1. The molecule has 1 aliphatic carbocycles. The molecule has 0 radical (unpaired) electrons. The van der Waals surface area contributed by atoms with Gasteiger partial charge in [0.15, 0.2) is 6.04 Å². The van der Waals surface area contributed by atoms with Crippen LogP contribution in [0.5, 0.6) is 0 Å². The van der Waals surface area contributed by atoms with Crippen molar-refractivity contribution in [3.05, 3.63) is 71.8 Å². The fourth-order valence-electron chi connectivity index (χ4n) is 3.69. The lowest BCUT2D eigenvalue weighted by atomic mass is 9.97. The number of ether oxygens (including phenoxy) is 2. The number of esters is 1. The summed E-state index contributed by atoms with van der Waals surface area (Å²) in [4.78, 5) is 34.7. The highest BCUT2D eigenvalue weighted by Gasteiger charge is 2.25. The number of carbonyl (C=O) groups is 3. The molecule has 1 amide bonds. The van der Waals surface area contributed by atoms with Gasteiger partial charge < -0.3 is 19.9 Å². The number of aliphatic carboxylic acids is 1. The van der Waals surface area contributed by atoms with Crippen LogP contribution >= 0.6 is 0 Å². The molecule has 0 heterocycles. The lowest BCUT2D eigenvalue weighted by Crippen LogP contribution is -2.38. The number of hydrogen-bond donors (Lipinski definition) is 2. The molecule has 1 saturated carbocycles. The highest BCUT2D eigenvalue weighted by Crippen LogP contribution is 2.24. The second-order valence-corrected chi connectivity index (χ2v) is 9.66. The van der Waals surface area contributed by atoms with Crippen LogP contribution in [0.3, 0.4) is 0 Å². The first-order valence-corrected chi connectivity index (χ1v) is 12.1. The van der Waals surface area contributed by atoms with E-state index in [0.29, 0.717) is 5.56 Å². The molecular formula is C28H37NO6. The molecule has 2 aromatic rings. The fraction of sp³-hybridized carbons (Fsp3) is 0.464. The first-order chi connectivity index (χ1) is 16.6. The number of benzene rings is 2. The van der Waals surface area contributed by atoms with Crippen molar-refractivity contribution >= 4 is 18.0 Å². The van der Waals surface area contributed by atoms with E-state index >= 15 is 0 Å². The molecule has 1 fully saturated rings. The van der Waals surface area contributed by atoms with E-state index in [0.717, 1.165) is 18.4 Å². The topological polar surface area (TPSA) is 102 Å². The Bertz CT molecular complexity index is 933. The van der Waals surface area contributed by atoms with Gasteiger partial charge in [0.25, 0.3) is 0 Å². The van der Waals surface area contributed by atoms with Crippen LogP contribution in [-0.2, 0) is 19.1 Å². The van der Waals surface area contributed by atoms with E-state index in [-0.39, 0.29) is 18.0 Å². The van der Waals surface area contributed by atoms with E-state index in [2.05, 4.69) is 5.32 Å². The summed E-state index contributed by atoms with van der Waals surface area (Å²) in [5, 5.41) is 11.4. The van der Waals surface area contributed by atoms with Crippen molar-refractivity contribution in [3.63, 3.8) is 0 Å². The van der Waals surface area contributed by atoms with Crippen molar-refractivity contribution in [1.82, 2.24) is 5.32 Å². The Kier molecular flexibility index (Phi) is 10.8. The van der Waals surface area contributed by atoms with E-state index in [4.69, 9.17) is 14.6 Å². The van der Waals surface area contributed by atoms with Gasteiger partial charge in [0.1, 0.15) is 11.7 Å². The summed E-state index contributed by atoms with van der Waals surface area (Å²) in [6.07, 6.45) is 5.14. The summed E-state index contributed by atoms with van der Waals surface area (Å²) in [6, 6.07) is 17.2. The number of hydrogen-bond acceptors (Lipinski definition) is 5. The van der Waals surface area contributed by atoms with E-state index in [1.807, 2.05) is 37.3 Å². The highest BCUT2D eigenvalue weighted by molar-refractivity contribution is 5.81. The predicted octanol–water partition coefficient (Wildman–Crippen LogP) is 6.00. The average Bonchev–Trinajstić information content (AvgIpc) is 2.83. The normalized spacial score (nSPS) is 15.5. The molecule has 0 bridgehead atoms. The van der Waals surface area contributed by atoms with Gasteiger partial charge in [0, 0.05) is 0 Å². The number of rotatable bonds is 6. The van der Waals surface area contributed by atoms with Crippen LogP contribution in [0.4, 0.5) is 4.79 Å². The van der Waals surface area contributed by atoms with Crippen LogP contribution in [0.15, 0.2) is 60.7 Å². The van der Waals surface area contributed by atoms with Gasteiger partial charge in [-0.1, -0.05) is 67.1 Å². The summed E-state index contributed by atoms with van der Waals surface area (Å²) >= 11 is 0. The van der Waals surface area contributed by atoms with E-state index < -0.39 is 23.7 Å². The second-order valence-electron chi connectivity index (χ2n) is 9.66. The molecule has 7 nitrogen and oxygen atoms in total. The van der Waals surface area contributed by atoms with Crippen molar-refractivity contribution in [2.45, 2.75) is 83.5 Å². The molecule has 1 aliphatic rings. The molecule has 0 spiro atoms. The van der Waals surface area contributed by atoms with Gasteiger partial charge in [-0.3, -0.25) is 4.79 Å². The van der Waals surface area contributed by atoms with Gasteiger partial charge in [0.05, 0.1) is 5.92 Å². The van der Waals surface area contributed by atoms with Crippen LogP contribution in [0, 0.1) is 0 Å². The highest BCUT2D eigenvalue weighted by atomic mass is 16.6. The minimum absolute atomic E-state index is 0.0805. The van der Waals surface area contributed by atoms with Gasteiger partial charge in [-0.15, -0.1) is 0 Å². The Balaban J connectivity index is 0.000000247. The average molecular weight is 484 g/mol. The molecule has 35 heavy (non-hydrogen) atoms. The molecule has 190 valence electrons. The fourth-order valence-corrected chi connectivity index (χ4v) is 3.69. The maximum Gasteiger partial charge on any atom is 0.408 e. The van der Waals surface area contributed by atoms with Crippen LogP contribution in [0.25, 0.3) is 0 Å². The summed E-state index contributed by atoms with van der Waals surface area (Å²) in [6.45, 7) is 7.06. The number of carboxylic acids is 1. The second kappa shape index (κ2) is 13.5. The zero-order valence-corrected chi connectivity index (χ0v) is 21.0. The molecule has 2 aromatic carbocycles. The maximum absolute atomic E-state index is 12.0. The Hall–Kier alpha value is -3.35. The van der Waals surface area contributed by atoms with E-state index in [1.54, 1.807) is 51.1 Å². The van der Waals surface area contributed by atoms with Crippen molar-refractivity contribution in [2.75, 3.05) is 0 Å². The van der Waals surface area contributed by atoms with Crippen molar-refractivity contribution in [3.8, 4) is 0 Å². The summed E-state index contributed by atoms with van der Waals surface area (Å²) in [7, 11) is 0. The lowest BCUT2D eigenvalue weighted by Gasteiger charge is -2.23. The summed E-state index contributed by atoms with van der Waals surface area (Å²) in [5.74, 6) is -1.37. The van der Waals surface area contributed by atoms with Crippen LogP contribution in [0.2, 0.25) is 0 Å². The Morgan fingerprint density at radius 3 is 1.89 bits per heavy atom. The molecule has 2 atom stereocenters. The van der Waals surface area contributed by atoms with Gasteiger partial charge in [-0.25, -0.2) is 9.59 Å². The van der Waals surface area contributed by atoms with Gasteiger partial charge in [0.2, 0.25) is 0 Å².